The normalized spacial score (nSPS) is 16.2. The molecule has 1 aliphatic rings. The number of hydrogen-bond donors (Lipinski definition) is 2. The smallest absolute Gasteiger partial charge is 0.220 e. The molecule has 1 saturated carbocycles. The summed E-state index contributed by atoms with van der Waals surface area (Å²) in [5.74, 6) is 0.166. The van der Waals surface area contributed by atoms with Gasteiger partial charge in [-0.05, 0) is 25.7 Å². The highest BCUT2D eigenvalue weighted by atomic mass is 35.5. The molecule has 4 nitrogen and oxygen atoms in total. The lowest BCUT2D eigenvalue weighted by Crippen LogP contribution is -2.36. The van der Waals surface area contributed by atoms with E-state index in [0.29, 0.717) is 12.5 Å². The Balaban J connectivity index is 0.00000361. The number of carbonyl (C=O) groups is 1. The fourth-order valence-electron chi connectivity index (χ4n) is 2.58. The third kappa shape index (κ3) is 10.5. The molecule has 0 spiro atoms. The molecule has 5 heteroatoms. The summed E-state index contributed by atoms with van der Waals surface area (Å²) in [6.07, 6.45) is 10.6. The zero-order chi connectivity index (χ0) is 13.8. The van der Waals surface area contributed by atoms with Crippen LogP contribution in [0, 0.1) is 0 Å². The molecule has 120 valence electrons. The molecule has 1 fully saturated rings. The Morgan fingerprint density at radius 3 is 2.45 bits per heavy atom. The minimum atomic E-state index is 0. The van der Waals surface area contributed by atoms with Crippen LogP contribution >= 0.6 is 12.4 Å². The average molecular weight is 307 g/mol. The standard InChI is InChI=1S/C15H30N2O2.ClH/c1-19-13-7-6-10-15(18)17-12-11-16-14-8-4-2-3-5-9-14;/h14,16H,2-13H2,1H3,(H,17,18);1H. The number of methoxy groups -OCH3 is 1. The Labute approximate surface area is 129 Å². The predicted octanol–water partition coefficient (Wildman–Crippen LogP) is 2.65. The summed E-state index contributed by atoms with van der Waals surface area (Å²) in [7, 11) is 1.69. The number of unbranched alkanes of at least 4 members (excludes halogenated alkanes) is 1. The van der Waals surface area contributed by atoms with Crippen molar-refractivity contribution in [2.75, 3.05) is 26.8 Å². The molecule has 0 radical (unpaired) electrons. The van der Waals surface area contributed by atoms with E-state index in [1.54, 1.807) is 7.11 Å². The van der Waals surface area contributed by atoms with Crippen molar-refractivity contribution < 1.29 is 9.53 Å². The van der Waals surface area contributed by atoms with Crippen LogP contribution in [0.2, 0.25) is 0 Å². The van der Waals surface area contributed by atoms with Gasteiger partial charge < -0.3 is 15.4 Å². The maximum Gasteiger partial charge on any atom is 0.220 e. The van der Waals surface area contributed by atoms with Gasteiger partial charge in [0.05, 0.1) is 0 Å². The molecule has 2 N–H and O–H groups in total. The monoisotopic (exact) mass is 306 g/mol. The summed E-state index contributed by atoms with van der Waals surface area (Å²) in [4.78, 5) is 11.5. The van der Waals surface area contributed by atoms with E-state index in [9.17, 15) is 4.79 Å². The van der Waals surface area contributed by atoms with Gasteiger partial charge in [0.25, 0.3) is 0 Å². The van der Waals surface area contributed by atoms with Gasteiger partial charge in [0.1, 0.15) is 0 Å². The van der Waals surface area contributed by atoms with Crippen molar-refractivity contribution in [3.05, 3.63) is 0 Å². The molecular weight excluding hydrogens is 276 g/mol. The van der Waals surface area contributed by atoms with Crippen LogP contribution in [0.4, 0.5) is 0 Å². The van der Waals surface area contributed by atoms with Crippen LogP contribution in [-0.2, 0) is 9.53 Å². The highest BCUT2D eigenvalue weighted by molar-refractivity contribution is 5.85. The highest BCUT2D eigenvalue weighted by Gasteiger charge is 2.10. The van der Waals surface area contributed by atoms with E-state index < -0.39 is 0 Å². The lowest BCUT2D eigenvalue weighted by molar-refractivity contribution is -0.121. The first-order chi connectivity index (χ1) is 9.33. The molecular formula is C15H31ClN2O2. The van der Waals surface area contributed by atoms with Gasteiger partial charge in [-0.3, -0.25) is 4.79 Å². The van der Waals surface area contributed by atoms with E-state index >= 15 is 0 Å². The molecule has 0 aromatic rings. The summed E-state index contributed by atoms with van der Waals surface area (Å²) < 4.78 is 4.96. The van der Waals surface area contributed by atoms with Crippen molar-refractivity contribution in [2.24, 2.45) is 0 Å². The fraction of sp³-hybridized carbons (Fsp3) is 0.933. The molecule has 20 heavy (non-hydrogen) atoms. The first-order valence-corrected chi connectivity index (χ1v) is 7.82. The molecule has 0 aromatic heterocycles. The van der Waals surface area contributed by atoms with Crippen molar-refractivity contribution >= 4 is 18.3 Å². The van der Waals surface area contributed by atoms with Crippen molar-refractivity contribution in [3.63, 3.8) is 0 Å². The molecule has 0 aromatic carbocycles. The number of amides is 1. The van der Waals surface area contributed by atoms with Crippen LogP contribution in [0.3, 0.4) is 0 Å². The second-order valence-electron chi connectivity index (χ2n) is 5.44. The maximum absolute atomic E-state index is 11.5. The van der Waals surface area contributed by atoms with Gasteiger partial charge in [0, 0.05) is 39.3 Å². The van der Waals surface area contributed by atoms with Crippen molar-refractivity contribution in [3.8, 4) is 0 Å². The van der Waals surface area contributed by atoms with Gasteiger partial charge in [0.2, 0.25) is 5.91 Å². The number of rotatable bonds is 9. The first-order valence-electron chi connectivity index (χ1n) is 7.82. The van der Waals surface area contributed by atoms with Crippen LogP contribution in [0.5, 0.6) is 0 Å². The van der Waals surface area contributed by atoms with Crippen molar-refractivity contribution in [1.29, 1.82) is 0 Å². The molecule has 0 unspecified atom stereocenters. The molecule has 0 aliphatic heterocycles. The zero-order valence-electron chi connectivity index (χ0n) is 12.8. The third-order valence-electron chi connectivity index (χ3n) is 3.74. The number of carbonyl (C=O) groups excluding carboxylic acids is 1. The van der Waals surface area contributed by atoms with E-state index in [1.807, 2.05) is 0 Å². The first kappa shape index (κ1) is 19.7. The third-order valence-corrected chi connectivity index (χ3v) is 3.74. The van der Waals surface area contributed by atoms with Gasteiger partial charge in [0.15, 0.2) is 0 Å². The second kappa shape index (κ2) is 13.7. The van der Waals surface area contributed by atoms with Crippen LogP contribution in [-0.4, -0.2) is 38.8 Å². The lowest BCUT2D eigenvalue weighted by atomic mass is 10.1. The Bertz CT molecular complexity index is 232. The maximum atomic E-state index is 11.5. The molecule has 0 atom stereocenters. The second-order valence-corrected chi connectivity index (χ2v) is 5.44. The van der Waals surface area contributed by atoms with E-state index in [0.717, 1.165) is 32.5 Å². The molecule has 0 bridgehead atoms. The molecule has 1 rings (SSSR count). The van der Waals surface area contributed by atoms with Crippen LogP contribution in [0.15, 0.2) is 0 Å². The topological polar surface area (TPSA) is 50.4 Å². The highest BCUT2D eigenvalue weighted by Crippen LogP contribution is 2.16. The van der Waals surface area contributed by atoms with E-state index in [1.165, 1.54) is 38.5 Å². The number of nitrogens with one attached hydrogen (secondary N) is 2. The average Bonchev–Trinajstić information content (AvgIpc) is 2.68. The zero-order valence-corrected chi connectivity index (χ0v) is 13.6. The summed E-state index contributed by atoms with van der Waals surface area (Å²) in [5, 5.41) is 6.53. The molecule has 0 heterocycles. The summed E-state index contributed by atoms with van der Waals surface area (Å²) >= 11 is 0. The Hall–Kier alpha value is -0.320. The van der Waals surface area contributed by atoms with Gasteiger partial charge in [-0.1, -0.05) is 25.7 Å². The fourth-order valence-corrected chi connectivity index (χ4v) is 2.58. The summed E-state index contributed by atoms with van der Waals surface area (Å²) in [6, 6.07) is 0.668. The van der Waals surface area contributed by atoms with E-state index in [4.69, 9.17) is 4.74 Å². The van der Waals surface area contributed by atoms with Gasteiger partial charge in [-0.25, -0.2) is 0 Å². The Kier molecular flexibility index (Phi) is 13.4. The number of hydrogen-bond acceptors (Lipinski definition) is 3. The van der Waals surface area contributed by atoms with Crippen LogP contribution in [0.25, 0.3) is 0 Å². The van der Waals surface area contributed by atoms with Crippen LogP contribution in [0.1, 0.15) is 57.8 Å². The quantitative estimate of drug-likeness (QED) is 0.508. The van der Waals surface area contributed by atoms with Gasteiger partial charge in [-0.2, -0.15) is 0 Å². The predicted molar refractivity (Wildman–Crippen MR) is 85.5 cm³/mol. The molecule has 1 aliphatic carbocycles. The number of halogens is 1. The van der Waals surface area contributed by atoms with Gasteiger partial charge >= 0.3 is 0 Å². The Morgan fingerprint density at radius 2 is 1.80 bits per heavy atom. The summed E-state index contributed by atoms with van der Waals surface area (Å²) in [6.45, 7) is 2.39. The van der Waals surface area contributed by atoms with Gasteiger partial charge in [-0.15, -0.1) is 12.4 Å². The van der Waals surface area contributed by atoms with E-state index in [-0.39, 0.29) is 18.3 Å². The lowest BCUT2D eigenvalue weighted by Gasteiger charge is -2.16. The molecule has 0 saturated heterocycles. The van der Waals surface area contributed by atoms with Crippen molar-refractivity contribution in [1.82, 2.24) is 10.6 Å². The Morgan fingerprint density at radius 1 is 1.10 bits per heavy atom. The van der Waals surface area contributed by atoms with Crippen LogP contribution < -0.4 is 10.6 Å². The number of ether oxygens (including phenoxy) is 1. The van der Waals surface area contributed by atoms with E-state index in [2.05, 4.69) is 10.6 Å². The molecule has 1 amide bonds. The van der Waals surface area contributed by atoms with Crippen molar-refractivity contribution in [2.45, 2.75) is 63.8 Å². The SMILES string of the molecule is COCCCCC(=O)NCCNC1CCCCCC1.Cl. The summed E-state index contributed by atoms with van der Waals surface area (Å²) in [5.41, 5.74) is 0. The minimum Gasteiger partial charge on any atom is -0.385 e. The minimum absolute atomic E-state index is 0. The largest absolute Gasteiger partial charge is 0.385 e.